The topological polar surface area (TPSA) is 77.8 Å². The molecule has 2 aliphatic carbocycles. The van der Waals surface area contributed by atoms with Gasteiger partial charge in [-0.2, -0.15) is 4.98 Å². The highest BCUT2D eigenvalue weighted by Gasteiger charge is 2.36. The molecule has 2 aliphatic rings. The molecule has 0 bridgehead atoms. The number of rotatable bonds is 3. The fraction of sp³-hybridized carbons (Fsp3) is 0.421. The standard InChI is InChI=1S/C19H19ClN4O/c20-12-5-6-15-13(9-12)14(10-16(22-15)11-3-4-11)17-23-18(24-25-17)19(21)7-1-2-8-19/h5-6,9-11H,1-4,7-8,21H2. The Hall–Kier alpha value is -1.98. The highest BCUT2D eigenvalue weighted by atomic mass is 35.5. The SMILES string of the molecule is NC1(c2noc(-c3cc(C4CC4)nc4ccc(Cl)cc34)n2)CCCC1. The van der Waals surface area contributed by atoms with Crippen molar-refractivity contribution < 1.29 is 4.52 Å². The maximum absolute atomic E-state index is 6.48. The smallest absolute Gasteiger partial charge is 0.258 e. The van der Waals surface area contributed by atoms with Gasteiger partial charge in [-0.15, -0.1) is 0 Å². The van der Waals surface area contributed by atoms with Crippen molar-refractivity contribution in [2.24, 2.45) is 5.73 Å². The van der Waals surface area contributed by atoms with Crippen LogP contribution in [0.1, 0.15) is 56.0 Å². The van der Waals surface area contributed by atoms with Crippen LogP contribution in [0, 0.1) is 0 Å². The molecule has 0 amide bonds. The minimum absolute atomic E-state index is 0.457. The van der Waals surface area contributed by atoms with Crippen molar-refractivity contribution in [3.8, 4) is 11.5 Å². The van der Waals surface area contributed by atoms with Gasteiger partial charge >= 0.3 is 0 Å². The van der Waals surface area contributed by atoms with Crippen LogP contribution in [0.25, 0.3) is 22.4 Å². The molecule has 25 heavy (non-hydrogen) atoms. The zero-order valence-corrected chi connectivity index (χ0v) is 14.6. The third kappa shape index (κ3) is 2.62. The van der Waals surface area contributed by atoms with Crippen LogP contribution in [0.5, 0.6) is 0 Å². The average molecular weight is 355 g/mol. The Bertz CT molecular complexity index is 957. The van der Waals surface area contributed by atoms with Crippen LogP contribution in [0.3, 0.4) is 0 Å². The summed E-state index contributed by atoms with van der Waals surface area (Å²) < 4.78 is 5.62. The van der Waals surface area contributed by atoms with Crippen molar-refractivity contribution in [3.63, 3.8) is 0 Å². The van der Waals surface area contributed by atoms with E-state index in [1.165, 1.54) is 12.8 Å². The number of benzene rings is 1. The van der Waals surface area contributed by atoms with Crippen LogP contribution in [0.15, 0.2) is 28.8 Å². The zero-order chi connectivity index (χ0) is 17.0. The second-order valence-electron chi connectivity index (χ2n) is 7.32. The van der Waals surface area contributed by atoms with E-state index in [0.29, 0.717) is 22.7 Å². The molecular weight excluding hydrogens is 336 g/mol. The summed E-state index contributed by atoms with van der Waals surface area (Å²) in [5.74, 6) is 1.65. The van der Waals surface area contributed by atoms with Crippen LogP contribution < -0.4 is 5.73 Å². The minimum atomic E-state index is -0.457. The number of halogens is 1. The lowest BCUT2D eigenvalue weighted by molar-refractivity contribution is 0.373. The molecule has 2 N–H and O–H groups in total. The number of nitrogens with zero attached hydrogens (tertiary/aromatic N) is 3. The van der Waals surface area contributed by atoms with Gasteiger partial charge in [0.1, 0.15) is 0 Å². The van der Waals surface area contributed by atoms with Crippen molar-refractivity contribution >= 4 is 22.5 Å². The van der Waals surface area contributed by atoms with Crippen molar-refractivity contribution in [1.82, 2.24) is 15.1 Å². The van der Waals surface area contributed by atoms with Crippen LogP contribution in [-0.4, -0.2) is 15.1 Å². The van der Waals surface area contributed by atoms with Crippen molar-refractivity contribution in [2.45, 2.75) is 50.0 Å². The molecule has 128 valence electrons. The minimum Gasteiger partial charge on any atom is -0.334 e. The number of fused-ring (bicyclic) bond motifs is 1. The van der Waals surface area contributed by atoms with Crippen molar-refractivity contribution in [3.05, 3.63) is 40.8 Å². The summed E-state index contributed by atoms with van der Waals surface area (Å²) in [6, 6.07) is 7.80. The molecule has 6 heteroatoms. The molecular formula is C19H19ClN4O. The van der Waals surface area contributed by atoms with Crippen molar-refractivity contribution in [1.29, 1.82) is 0 Å². The number of hydrogen-bond donors (Lipinski definition) is 1. The van der Waals surface area contributed by atoms with Gasteiger partial charge in [0.15, 0.2) is 5.82 Å². The summed E-state index contributed by atoms with van der Waals surface area (Å²) in [4.78, 5) is 9.45. The Labute approximate surface area is 150 Å². The molecule has 2 fully saturated rings. The number of nitrogens with two attached hydrogens (primary N) is 1. The lowest BCUT2D eigenvalue weighted by Gasteiger charge is -2.17. The van der Waals surface area contributed by atoms with E-state index >= 15 is 0 Å². The molecule has 0 atom stereocenters. The Balaban J connectivity index is 1.66. The van der Waals surface area contributed by atoms with E-state index in [1.54, 1.807) is 0 Å². The molecule has 2 aromatic heterocycles. The number of aromatic nitrogens is 3. The second kappa shape index (κ2) is 5.51. The maximum atomic E-state index is 6.48. The third-order valence-corrected chi connectivity index (χ3v) is 5.62. The average Bonchev–Trinajstić information content (AvgIpc) is 3.16. The molecule has 2 saturated carbocycles. The molecule has 0 saturated heterocycles. The number of pyridine rings is 1. The Morgan fingerprint density at radius 2 is 1.92 bits per heavy atom. The normalized spacial score (nSPS) is 19.6. The van der Waals surface area contributed by atoms with Crippen LogP contribution in [-0.2, 0) is 5.54 Å². The maximum Gasteiger partial charge on any atom is 0.258 e. The predicted octanol–water partition coefficient (Wildman–Crippen LogP) is 4.54. The molecule has 0 radical (unpaired) electrons. The van der Waals surface area contributed by atoms with E-state index < -0.39 is 5.54 Å². The molecule has 5 rings (SSSR count). The van der Waals surface area contributed by atoms with Crippen molar-refractivity contribution in [2.75, 3.05) is 0 Å². The second-order valence-corrected chi connectivity index (χ2v) is 7.75. The van der Waals surface area contributed by atoms with Gasteiger partial charge < -0.3 is 10.3 Å². The largest absolute Gasteiger partial charge is 0.334 e. The quantitative estimate of drug-likeness (QED) is 0.746. The predicted molar refractivity (Wildman–Crippen MR) is 96.4 cm³/mol. The molecule has 3 aromatic rings. The summed E-state index contributed by atoms with van der Waals surface area (Å²) in [6.07, 6.45) is 6.41. The van der Waals surface area contributed by atoms with Gasteiger partial charge in [0, 0.05) is 22.0 Å². The fourth-order valence-corrected chi connectivity index (χ4v) is 3.92. The van der Waals surface area contributed by atoms with E-state index in [4.69, 9.17) is 26.8 Å². The lowest BCUT2D eigenvalue weighted by Crippen LogP contribution is -2.34. The van der Waals surface area contributed by atoms with E-state index in [2.05, 4.69) is 16.2 Å². The molecule has 0 spiro atoms. The summed E-state index contributed by atoms with van der Waals surface area (Å²) in [6.45, 7) is 0. The number of hydrogen-bond acceptors (Lipinski definition) is 5. The van der Waals surface area contributed by atoms with E-state index in [9.17, 15) is 0 Å². The zero-order valence-electron chi connectivity index (χ0n) is 13.8. The van der Waals surface area contributed by atoms with Gasteiger partial charge in [0.05, 0.1) is 16.6 Å². The molecule has 0 aliphatic heterocycles. The Kier molecular flexibility index (Phi) is 3.37. The first kappa shape index (κ1) is 15.3. The Morgan fingerprint density at radius 1 is 1.12 bits per heavy atom. The first-order valence-electron chi connectivity index (χ1n) is 8.86. The fourth-order valence-electron chi connectivity index (χ4n) is 3.75. The molecule has 1 aromatic carbocycles. The Morgan fingerprint density at radius 3 is 2.68 bits per heavy atom. The molecule has 5 nitrogen and oxygen atoms in total. The van der Waals surface area contributed by atoms with Crippen LogP contribution in [0.2, 0.25) is 5.02 Å². The first-order chi connectivity index (χ1) is 12.1. The van der Waals surface area contributed by atoms with E-state index in [1.807, 2.05) is 18.2 Å². The summed E-state index contributed by atoms with van der Waals surface area (Å²) in [5, 5.41) is 5.80. The monoisotopic (exact) mass is 354 g/mol. The van der Waals surface area contributed by atoms with Gasteiger partial charge in [0.25, 0.3) is 5.89 Å². The molecule has 2 heterocycles. The van der Waals surface area contributed by atoms with E-state index in [0.717, 1.165) is 47.8 Å². The van der Waals surface area contributed by atoms with E-state index in [-0.39, 0.29) is 0 Å². The third-order valence-electron chi connectivity index (χ3n) is 5.38. The highest BCUT2D eigenvalue weighted by molar-refractivity contribution is 6.31. The summed E-state index contributed by atoms with van der Waals surface area (Å²) >= 11 is 6.21. The lowest BCUT2D eigenvalue weighted by atomic mass is 9.98. The summed E-state index contributed by atoms with van der Waals surface area (Å²) in [5.41, 5.74) is 8.92. The van der Waals surface area contributed by atoms with Crippen LogP contribution in [0.4, 0.5) is 0 Å². The van der Waals surface area contributed by atoms with Gasteiger partial charge in [-0.25, -0.2) is 0 Å². The van der Waals surface area contributed by atoms with Gasteiger partial charge in [0.2, 0.25) is 0 Å². The summed E-state index contributed by atoms with van der Waals surface area (Å²) in [7, 11) is 0. The van der Waals surface area contributed by atoms with Gasteiger partial charge in [-0.3, -0.25) is 4.98 Å². The van der Waals surface area contributed by atoms with Gasteiger partial charge in [-0.1, -0.05) is 29.6 Å². The molecule has 0 unspecified atom stereocenters. The van der Waals surface area contributed by atoms with Gasteiger partial charge in [-0.05, 0) is 49.9 Å². The van der Waals surface area contributed by atoms with Crippen LogP contribution >= 0.6 is 11.6 Å². The first-order valence-corrected chi connectivity index (χ1v) is 9.24. The highest BCUT2D eigenvalue weighted by Crippen LogP contribution is 2.42.